The van der Waals surface area contributed by atoms with Crippen molar-refractivity contribution in [3.05, 3.63) is 48.5 Å². The van der Waals surface area contributed by atoms with Crippen molar-refractivity contribution >= 4 is 45.1 Å². The Morgan fingerprint density at radius 1 is 1.08 bits per heavy atom. The molecule has 3 aromatic rings. The number of amides is 2. The number of thiazole rings is 1. The number of rotatable bonds is 6. The van der Waals surface area contributed by atoms with Gasteiger partial charge in [-0.25, -0.2) is 4.98 Å². The number of fused-ring (bicyclic) bond motifs is 1. The average molecular weight is 386 g/mol. The quantitative estimate of drug-likeness (QED) is 0.639. The Morgan fingerprint density at radius 3 is 2.54 bits per heavy atom. The van der Waals surface area contributed by atoms with Crippen molar-refractivity contribution in [1.82, 2.24) is 15.6 Å². The summed E-state index contributed by atoms with van der Waals surface area (Å²) >= 11 is 2.87. The monoisotopic (exact) mass is 385 g/mol. The van der Waals surface area contributed by atoms with Gasteiger partial charge < -0.3 is 10.6 Å². The summed E-state index contributed by atoms with van der Waals surface area (Å²) in [4.78, 5) is 28.6. The van der Waals surface area contributed by atoms with Crippen LogP contribution in [0, 0.1) is 0 Å². The van der Waals surface area contributed by atoms with Crippen molar-refractivity contribution < 1.29 is 9.59 Å². The molecule has 0 aliphatic rings. The maximum Gasteiger partial charge on any atom is 0.233 e. The summed E-state index contributed by atoms with van der Waals surface area (Å²) in [5.41, 5.74) is 3.09. The first-order chi connectivity index (χ1) is 12.6. The number of benzene rings is 2. The lowest BCUT2D eigenvalue weighted by molar-refractivity contribution is -0.125. The molecule has 0 fully saturated rings. The van der Waals surface area contributed by atoms with Crippen molar-refractivity contribution in [2.45, 2.75) is 16.0 Å². The molecule has 1 aromatic heterocycles. The van der Waals surface area contributed by atoms with Gasteiger partial charge in [0, 0.05) is 26.1 Å². The third kappa shape index (κ3) is 4.05. The smallest absolute Gasteiger partial charge is 0.233 e. The van der Waals surface area contributed by atoms with E-state index in [2.05, 4.69) is 22.8 Å². The van der Waals surface area contributed by atoms with Crippen LogP contribution < -0.4 is 10.6 Å². The molecule has 2 amide bonds. The van der Waals surface area contributed by atoms with Crippen LogP contribution in [0.1, 0.15) is 6.42 Å². The fourth-order valence-electron chi connectivity index (χ4n) is 2.57. The first-order valence-corrected chi connectivity index (χ1v) is 9.85. The Labute approximate surface area is 160 Å². The van der Waals surface area contributed by atoms with Crippen LogP contribution in [0.2, 0.25) is 0 Å². The molecule has 0 radical (unpaired) electrons. The van der Waals surface area contributed by atoms with Gasteiger partial charge in [0.05, 0.1) is 15.5 Å². The second-order valence-corrected chi connectivity index (χ2v) is 8.08. The van der Waals surface area contributed by atoms with E-state index in [1.165, 1.54) is 23.1 Å². The molecule has 7 heteroatoms. The molecule has 134 valence electrons. The molecule has 2 aromatic carbocycles. The van der Waals surface area contributed by atoms with Crippen molar-refractivity contribution in [2.24, 2.45) is 0 Å². The van der Waals surface area contributed by atoms with Crippen LogP contribution in [0.3, 0.4) is 0 Å². The fourth-order valence-corrected chi connectivity index (χ4v) is 4.95. The van der Waals surface area contributed by atoms with Gasteiger partial charge in [0.2, 0.25) is 11.8 Å². The zero-order valence-corrected chi connectivity index (χ0v) is 16.1. The molecule has 5 nitrogen and oxygen atoms in total. The summed E-state index contributed by atoms with van der Waals surface area (Å²) in [6.07, 6.45) is 0.113. The van der Waals surface area contributed by atoms with Gasteiger partial charge in [-0.1, -0.05) is 54.2 Å². The summed E-state index contributed by atoms with van der Waals surface area (Å²) in [6.45, 7) is 0. The molecule has 0 spiro atoms. The zero-order chi connectivity index (χ0) is 18.5. The molecule has 0 aliphatic carbocycles. The molecule has 1 atom stereocenters. The molecule has 26 heavy (non-hydrogen) atoms. The highest BCUT2D eigenvalue weighted by Crippen LogP contribution is 2.37. The van der Waals surface area contributed by atoms with E-state index in [1.54, 1.807) is 14.1 Å². The van der Waals surface area contributed by atoms with Gasteiger partial charge in [-0.05, 0) is 11.6 Å². The van der Waals surface area contributed by atoms with Gasteiger partial charge in [0.15, 0.2) is 4.34 Å². The van der Waals surface area contributed by atoms with Gasteiger partial charge in [0.1, 0.15) is 0 Å². The Balaban J connectivity index is 1.93. The molecule has 0 bridgehead atoms. The first-order valence-electron chi connectivity index (χ1n) is 8.16. The number of hydrogen-bond donors (Lipinski definition) is 2. The largest absolute Gasteiger partial charge is 0.359 e. The lowest BCUT2D eigenvalue weighted by Crippen LogP contribution is -2.34. The predicted octanol–water partition coefficient (Wildman–Crippen LogP) is 3.31. The summed E-state index contributed by atoms with van der Waals surface area (Å²) in [7, 11) is 3.14. The summed E-state index contributed by atoms with van der Waals surface area (Å²) in [6, 6.07) is 16.2. The molecule has 1 unspecified atom stereocenters. The van der Waals surface area contributed by atoms with Crippen LogP contribution >= 0.6 is 23.1 Å². The Hall–Kier alpha value is -2.38. The highest BCUT2D eigenvalue weighted by atomic mass is 32.2. The summed E-state index contributed by atoms with van der Waals surface area (Å²) in [5, 5.41) is 4.68. The summed E-state index contributed by atoms with van der Waals surface area (Å²) in [5.74, 6) is -0.349. The Morgan fingerprint density at radius 2 is 1.85 bits per heavy atom. The van der Waals surface area contributed by atoms with Gasteiger partial charge >= 0.3 is 0 Å². The van der Waals surface area contributed by atoms with Gasteiger partial charge in [-0.3, -0.25) is 9.59 Å². The molecular formula is C19H19N3O2S2. The van der Waals surface area contributed by atoms with Gasteiger partial charge in [-0.15, -0.1) is 11.3 Å². The number of nitrogens with zero attached hydrogens (tertiary/aromatic N) is 1. The van der Waals surface area contributed by atoms with E-state index in [1.807, 2.05) is 36.4 Å². The van der Waals surface area contributed by atoms with Gasteiger partial charge in [-0.2, -0.15) is 0 Å². The van der Waals surface area contributed by atoms with Crippen molar-refractivity contribution in [3.8, 4) is 11.1 Å². The SMILES string of the molecule is CNC(=O)CC(Sc1nc2c(-c3ccccc3)cccc2s1)C(=O)NC. The van der Waals surface area contributed by atoms with Crippen LogP contribution in [0.25, 0.3) is 21.3 Å². The third-order valence-electron chi connectivity index (χ3n) is 3.92. The highest BCUT2D eigenvalue weighted by molar-refractivity contribution is 8.02. The maximum absolute atomic E-state index is 12.1. The Bertz CT molecular complexity index is 925. The van der Waals surface area contributed by atoms with Gasteiger partial charge in [0.25, 0.3) is 0 Å². The number of thioether (sulfide) groups is 1. The number of aromatic nitrogens is 1. The van der Waals surface area contributed by atoms with E-state index in [9.17, 15) is 9.59 Å². The zero-order valence-electron chi connectivity index (χ0n) is 14.5. The van der Waals surface area contributed by atoms with E-state index in [4.69, 9.17) is 4.98 Å². The number of hydrogen-bond acceptors (Lipinski definition) is 5. The minimum atomic E-state index is -0.513. The van der Waals surface area contributed by atoms with E-state index in [-0.39, 0.29) is 18.2 Å². The van der Waals surface area contributed by atoms with Crippen LogP contribution in [0.5, 0.6) is 0 Å². The van der Waals surface area contributed by atoms with E-state index in [0.29, 0.717) is 0 Å². The fraction of sp³-hybridized carbons (Fsp3) is 0.211. The minimum Gasteiger partial charge on any atom is -0.359 e. The second kappa shape index (κ2) is 8.33. The lowest BCUT2D eigenvalue weighted by atomic mass is 10.1. The maximum atomic E-state index is 12.1. The standard InChI is InChI=1S/C19H19N3O2S2/c1-20-16(23)11-15(18(24)21-2)26-19-22-17-13(9-6-10-14(17)25-19)12-7-4-3-5-8-12/h3-10,15H,11H2,1-2H3,(H,20,23)(H,21,24). The van der Waals surface area contributed by atoms with Crippen LogP contribution in [0.15, 0.2) is 52.9 Å². The predicted molar refractivity (Wildman–Crippen MR) is 107 cm³/mol. The number of carbonyl (C=O) groups excluding carboxylic acids is 2. The Kier molecular flexibility index (Phi) is 5.90. The highest BCUT2D eigenvalue weighted by Gasteiger charge is 2.24. The minimum absolute atomic E-state index is 0.113. The third-order valence-corrected chi connectivity index (χ3v) is 6.23. The second-order valence-electron chi connectivity index (χ2n) is 5.60. The topological polar surface area (TPSA) is 71.1 Å². The number of para-hydroxylation sites is 1. The van der Waals surface area contributed by atoms with Crippen molar-refractivity contribution in [3.63, 3.8) is 0 Å². The molecule has 3 rings (SSSR count). The lowest BCUT2D eigenvalue weighted by Gasteiger charge is -2.12. The van der Waals surface area contributed by atoms with Crippen LogP contribution in [-0.2, 0) is 9.59 Å². The van der Waals surface area contributed by atoms with E-state index in [0.717, 1.165) is 25.7 Å². The van der Waals surface area contributed by atoms with Crippen molar-refractivity contribution in [2.75, 3.05) is 14.1 Å². The first kappa shape index (κ1) is 18.4. The number of nitrogens with one attached hydrogen (secondary N) is 2. The molecule has 0 saturated heterocycles. The molecule has 0 saturated carbocycles. The normalized spacial score (nSPS) is 11.9. The summed E-state index contributed by atoms with van der Waals surface area (Å²) < 4.78 is 1.84. The molecular weight excluding hydrogens is 366 g/mol. The van der Waals surface area contributed by atoms with Crippen LogP contribution in [0.4, 0.5) is 0 Å². The molecule has 0 aliphatic heterocycles. The van der Waals surface area contributed by atoms with Crippen LogP contribution in [-0.4, -0.2) is 36.1 Å². The number of carbonyl (C=O) groups is 2. The average Bonchev–Trinajstić information content (AvgIpc) is 3.09. The molecule has 1 heterocycles. The van der Waals surface area contributed by atoms with Crippen molar-refractivity contribution in [1.29, 1.82) is 0 Å². The van der Waals surface area contributed by atoms with E-state index >= 15 is 0 Å². The van der Waals surface area contributed by atoms with E-state index < -0.39 is 5.25 Å². The molecule has 2 N–H and O–H groups in total.